The predicted octanol–water partition coefficient (Wildman–Crippen LogP) is 2.95. The molecule has 4 nitrogen and oxygen atoms in total. The van der Waals surface area contributed by atoms with Crippen LogP contribution in [0.15, 0.2) is 44.0 Å². The highest BCUT2D eigenvalue weighted by atomic mass is 79.9. The zero-order chi connectivity index (χ0) is 12.2. The summed E-state index contributed by atoms with van der Waals surface area (Å²) in [5.74, 6) is 0. The third kappa shape index (κ3) is 4.98. The molecule has 8 heteroatoms. The Bertz CT molecular complexity index is 467. The summed E-state index contributed by atoms with van der Waals surface area (Å²) in [5.41, 5.74) is 0. The minimum absolute atomic E-state index is 0. The van der Waals surface area contributed by atoms with Crippen LogP contribution in [0.3, 0.4) is 0 Å². The average Bonchev–Trinajstić information content (AvgIpc) is 3.03. The molecule has 0 aliphatic carbocycles. The SMILES string of the molecule is Br.Br.c1cc(SC2=NCCN2)cc(SC2=NCCN2)c1. The van der Waals surface area contributed by atoms with Gasteiger partial charge in [0, 0.05) is 22.9 Å². The van der Waals surface area contributed by atoms with Crippen molar-refractivity contribution in [2.45, 2.75) is 9.79 Å². The summed E-state index contributed by atoms with van der Waals surface area (Å²) in [4.78, 5) is 11.2. The molecule has 2 aliphatic rings. The largest absolute Gasteiger partial charge is 0.363 e. The normalized spacial score (nSPS) is 16.2. The van der Waals surface area contributed by atoms with E-state index in [2.05, 4.69) is 44.9 Å². The highest BCUT2D eigenvalue weighted by Gasteiger charge is 2.10. The van der Waals surface area contributed by atoms with Crippen LogP contribution in [-0.4, -0.2) is 36.5 Å². The Labute approximate surface area is 148 Å². The van der Waals surface area contributed by atoms with Crippen LogP contribution in [0.2, 0.25) is 0 Å². The Morgan fingerprint density at radius 3 is 1.75 bits per heavy atom. The third-order valence-corrected chi connectivity index (χ3v) is 4.43. The monoisotopic (exact) mass is 438 g/mol. The van der Waals surface area contributed by atoms with Gasteiger partial charge in [0.25, 0.3) is 0 Å². The maximum Gasteiger partial charge on any atom is 0.161 e. The first-order valence-electron chi connectivity index (χ1n) is 5.92. The minimum Gasteiger partial charge on any atom is -0.363 e. The van der Waals surface area contributed by atoms with E-state index in [1.54, 1.807) is 23.5 Å². The molecule has 0 unspecified atom stereocenters. The van der Waals surface area contributed by atoms with Gasteiger partial charge in [0.15, 0.2) is 10.3 Å². The number of benzene rings is 1. The van der Waals surface area contributed by atoms with Gasteiger partial charge in [-0.1, -0.05) is 29.6 Å². The Hall–Kier alpha value is -0.180. The van der Waals surface area contributed by atoms with Crippen LogP contribution >= 0.6 is 57.5 Å². The van der Waals surface area contributed by atoms with Crippen LogP contribution in [0.4, 0.5) is 0 Å². The van der Waals surface area contributed by atoms with E-state index >= 15 is 0 Å². The number of nitrogens with zero attached hydrogens (tertiary/aromatic N) is 2. The van der Waals surface area contributed by atoms with Gasteiger partial charge in [-0.05, 0) is 18.2 Å². The van der Waals surface area contributed by atoms with Crippen molar-refractivity contribution >= 4 is 67.8 Å². The number of rotatable bonds is 2. The molecule has 3 rings (SSSR count). The van der Waals surface area contributed by atoms with Gasteiger partial charge in [0.1, 0.15) is 0 Å². The molecule has 0 fully saturated rings. The van der Waals surface area contributed by atoms with Gasteiger partial charge in [-0.2, -0.15) is 0 Å². The summed E-state index contributed by atoms with van der Waals surface area (Å²) in [6.07, 6.45) is 0. The highest BCUT2D eigenvalue weighted by molar-refractivity contribution is 8.93. The number of hydrogen-bond acceptors (Lipinski definition) is 6. The summed E-state index contributed by atoms with van der Waals surface area (Å²) in [6.45, 7) is 3.68. The molecule has 0 saturated heterocycles. The van der Waals surface area contributed by atoms with Gasteiger partial charge in [-0.25, -0.2) is 0 Å². The number of hydrogen-bond donors (Lipinski definition) is 2. The Kier molecular flexibility index (Phi) is 8.01. The Balaban J connectivity index is 0.000001000. The molecule has 20 heavy (non-hydrogen) atoms. The van der Waals surface area contributed by atoms with E-state index < -0.39 is 0 Å². The molecule has 0 atom stereocenters. The fourth-order valence-electron chi connectivity index (χ4n) is 1.71. The molecular formula is C12H16Br2N4S2. The van der Waals surface area contributed by atoms with Crippen molar-refractivity contribution < 1.29 is 0 Å². The molecule has 110 valence electrons. The zero-order valence-electron chi connectivity index (χ0n) is 10.7. The summed E-state index contributed by atoms with van der Waals surface area (Å²) in [6, 6.07) is 8.48. The van der Waals surface area contributed by atoms with Crippen molar-refractivity contribution in [3.05, 3.63) is 24.3 Å². The molecule has 2 heterocycles. The van der Waals surface area contributed by atoms with Gasteiger partial charge in [0.05, 0.1) is 13.1 Å². The van der Waals surface area contributed by atoms with Crippen molar-refractivity contribution in [1.29, 1.82) is 0 Å². The maximum atomic E-state index is 4.39. The van der Waals surface area contributed by atoms with Gasteiger partial charge < -0.3 is 10.6 Å². The second-order valence-electron chi connectivity index (χ2n) is 3.91. The van der Waals surface area contributed by atoms with Crippen molar-refractivity contribution in [3.8, 4) is 0 Å². The molecule has 0 spiro atoms. The van der Waals surface area contributed by atoms with Gasteiger partial charge in [-0.15, -0.1) is 34.0 Å². The number of thioether (sulfide) groups is 2. The predicted molar refractivity (Wildman–Crippen MR) is 99.4 cm³/mol. The van der Waals surface area contributed by atoms with Gasteiger partial charge >= 0.3 is 0 Å². The lowest BCUT2D eigenvalue weighted by Gasteiger charge is -2.05. The first kappa shape index (κ1) is 17.9. The fourth-order valence-corrected chi connectivity index (χ4v) is 3.56. The molecule has 0 radical (unpaired) electrons. The molecule has 1 aromatic rings. The lowest BCUT2D eigenvalue weighted by molar-refractivity contribution is 0.963. The Morgan fingerprint density at radius 2 is 1.35 bits per heavy atom. The molecule has 0 bridgehead atoms. The number of halogens is 2. The lowest BCUT2D eigenvalue weighted by atomic mass is 10.4. The average molecular weight is 440 g/mol. The Morgan fingerprint density at radius 1 is 0.850 bits per heavy atom. The molecule has 0 aromatic heterocycles. The van der Waals surface area contributed by atoms with E-state index in [4.69, 9.17) is 0 Å². The quantitative estimate of drug-likeness (QED) is 0.743. The fraction of sp³-hybridized carbons (Fsp3) is 0.333. The smallest absolute Gasteiger partial charge is 0.161 e. The van der Waals surface area contributed by atoms with Crippen LogP contribution in [0.1, 0.15) is 0 Å². The van der Waals surface area contributed by atoms with E-state index in [0.717, 1.165) is 36.5 Å². The highest BCUT2D eigenvalue weighted by Crippen LogP contribution is 2.26. The number of aliphatic imine (C=N–C) groups is 2. The minimum atomic E-state index is 0. The zero-order valence-corrected chi connectivity index (χ0v) is 15.7. The summed E-state index contributed by atoms with van der Waals surface area (Å²) in [5, 5.41) is 8.58. The van der Waals surface area contributed by atoms with Crippen molar-refractivity contribution in [3.63, 3.8) is 0 Å². The van der Waals surface area contributed by atoms with E-state index in [1.165, 1.54) is 9.79 Å². The first-order chi connectivity index (χ1) is 8.90. The van der Waals surface area contributed by atoms with E-state index in [0.29, 0.717) is 0 Å². The van der Waals surface area contributed by atoms with Crippen LogP contribution in [0, 0.1) is 0 Å². The standard InChI is InChI=1S/C12H14N4S2.2BrH/c1-2-9(17-11-13-4-5-14-11)8-10(3-1)18-12-15-6-7-16-12;;/h1-3,8H,4-7H2,(H,13,14)(H,15,16);2*1H. The van der Waals surface area contributed by atoms with Crippen molar-refractivity contribution in [2.24, 2.45) is 9.98 Å². The molecule has 2 aliphatic heterocycles. The summed E-state index contributed by atoms with van der Waals surface area (Å²) in [7, 11) is 0. The first-order valence-corrected chi connectivity index (χ1v) is 7.56. The van der Waals surface area contributed by atoms with Gasteiger partial charge in [0.2, 0.25) is 0 Å². The van der Waals surface area contributed by atoms with E-state index in [1.807, 2.05) is 0 Å². The third-order valence-electron chi connectivity index (χ3n) is 2.52. The molecule has 1 aromatic carbocycles. The molecule has 0 saturated carbocycles. The van der Waals surface area contributed by atoms with Crippen LogP contribution in [0.5, 0.6) is 0 Å². The summed E-state index contributed by atoms with van der Waals surface area (Å²) < 4.78 is 0. The van der Waals surface area contributed by atoms with Crippen molar-refractivity contribution in [2.75, 3.05) is 26.2 Å². The molecule has 2 N–H and O–H groups in total. The van der Waals surface area contributed by atoms with E-state index in [-0.39, 0.29) is 34.0 Å². The number of nitrogens with one attached hydrogen (secondary N) is 2. The number of amidine groups is 2. The van der Waals surface area contributed by atoms with Crippen LogP contribution in [-0.2, 0) is 0 Å². The topological polar surface area (TPSA) is 48.8 Å². The second kappa shape index (κ2) is 8.96. The van der Waals surface area contributed by atoms with Crippen LogP contribution in [0.25, 0.3) is 0 Å². The summed E-state index contributed by atoms with van der Waals surface area (Å²) >= 11 is 3.38. The maximum absolute atomic E-state index is 4.39. The van der Waals surface area contributed by atoms with Gasteiger partial charge in [-0.3, -0.25) is 9.98 Å². The molecule has 0 amide bonds. The van der Waals surface area contributed by atoms with Crippen LogP contribution < -0.4 is 10.6 Å². The van der Waals surface area contributed by atoms with E-state index in [9.17, 15) is 0 Å². The second-order valence-corrected chi connectivity index (χ2v) is 6.03. The molecular weight excluding hydrogens is 424 g/mol. The van der Waals surface area contributed by atoms with Crippen molar-refractivity contribution in [1.82, 2.24) is 10.6 Å². The lowest BCUT2D eigenvalue weighted by Crippen LogP contribution is -2.15.